The summed E-state index contributed by atoms with van der Waals surface area (Å²) in [4.78, 5) is 8.96. The van der Waals surface area contributed by atoms with Gasteiger partial charge in [-0.25, -0.2) is 9.97 Å². The standard InChI is InChI=1S/C14H23N3/c1-10-5-6-11(9-10)16-12-7-8-15-13(17-12)14(2,3)4/h7-8,10-11H,5-6,9H2,1-4H3,(H,15,16,17). The van der Waals surface area contributed by atoms with Gasteiger partial charge >= 0.3 is 0 Å². The van der Waals surface area contributed by atoms with Crippen molar-refractivity contribution in [3.63, 3.8) is 0 Å². The Bertz CT molecular complexity index is 381. The molecule has 1 aromatic heterocycles. The number of aromatic nitrogens is 2. The van der Waals surface area contributed by atoms with E-state index in [4.69, 9.17) is 0 Å². The van der Waals surface area contributed by atoms with Crippen LogP contribution in [0.15, 0.2) is 12.3 Å². The van der Waals surface area contributed by atoms with E-state index in [0.29, 0.717) is 6.04 Å². The van der Waals surface area contributed by atoms with Crippen LogP contribution in [-0.4, -0.2) is 16.0 Å². The van der Waals surface area contributed by atoms with Crippen LogP contribution in [-0.2, 0) is 5.41 Å². The number of hydrogen-bond acceptors (Lipinski definition) is 3. The number of hydrogen-bond donors (Lipinski definition) is 1. The summed E-state index contributed by atoms with van der Waals surface area (Å²) in [5.74, 6) is 2.73. The third-order valence-electron chi connectivity index (χ3n) is 3.37. The van der Waals surface area contributed by atoms with E-state index >= 15 is 0 Å². The first kappa shape index (κ1) is 12.3. The van der Waals surface area contributed by atoms with Crippen molar-refractivity contribution < 1.29 is 0 Å². The van der Waals surface area contributed by atoms with Gasteiger partial charge in [0, 0.05) is 17.7 Å². The fourth-order valence-electron chi connectivity index (χ4n) is 2.35. The second kappa shape index (κ2) is 4.63. The van der Waals surface area contributed by atoms with Crippen LogP contribution in [0.25, 0.3) is 0 Å². The fraction of sp³-hybridized carbons (Fsp3) is 0.714. The van der Waals surface area contributed by atoms with Crippen molar-refractivity contribution in [2.45, 2.75) is 58.4 Å². The lowest BCUT2D eigenvalue weighted by atomic mass is 9.96. The molecule has 1 heterocycles. The summed E-state index contributed by atoms with van der Waals surface area (Å²) in [5.41, 5.74) is 0.0145. The third-order valence-corrected chi connectivity index (χ3v) is 3.37. The van der Waals surface area contributed by atoms with Crippen molar-refractivity contribution in [1.29, 1.82) is 0 Å². The van der Waals surface area contributed by atoms with Gasteiger partial charge in [0.1, 0.15) is 11.6 Å². The van der Waals surface area contributed by atoms with Gasteiger partial charge in [-0.15, -0.1) is 0 Å². The van der Waals surface area contributed by atoms with Gasteiger partial charge in [-0.2, -0.15) is 0 Å². The van der Waals surface area contributed by atoms with E-state index in [9.17, 15) is 0 Å². The first-order valence-electron chi connectivity index (χ1n) is 6.55. The zero-order valence-electron chi connectivity index (χ0n) is 11.3. The quantitative estimate of drug-likeness (QED) is 0.851. The predicted molar refractivity (Wildman–Crippen MR) is 71.2 cm³/mol. The summed E-state index contributed by atoms with van der Waals surface area (Å²) in [6.45, 7) is 8.75. The molecule has 17 heavy (non-hydrogen) atoms. The maximum Gasteiger partial charge on any atom is 0.135 e. The van der Waals surface area contributed by atoms with E-state index in [-0.39, 0.29) is 5.41 Å². The van der Waals surface area contributed by atoms with Gasteiger partial charge in [-0.3, -0.25) is 0 Å². The molecule has 1 aliphatic rings. The lowest BCUT2D eigenvalue weighted by molar-refractivity contribution is 0.544. The first-order chi connectivity index (χ1) is 7.95. The molecule has 1 aliphatic carbocycles. The second-order valence-electron chi connectivity index (χ2n) is 6.27. The van der Waals surface area contributed by atoms with Crippen molar-refractivity contribution >= 4 is 5.82 Å². The van der Waals surface area contributed by atoms with Crippen LogP contribution in [0.5, 0.6) is 0 Å². The molecule has 3 nitrogen and oxygen atoms in total. The summed E-state index contributed by atoms with van der Waals surface area (Å²) in [6.07, 6.45) is 5.70. The van der Waals surface area contributed by atoms with Gasteiger partial charge < -0.3 is 5.32 Å². The maximum absolute atomic E-state index is 4.61. The summed E-state index contributed by atoms with van der Waals surface area (Å²) in [6, 6.07) is 2.56. The molecule has 1 saturated carbocycles. The van der Waals surface area contributed by atoms with Gasteiger partial charge in [-0.1, -0.05) is 27.7 Å². The maximum atomic E-state index is 4.61. The van der Waals surface area contributed by atoms with Crippen LogP contribution in [0, 0.1) is 5.92 Å². The monoisotopic (exact) mass is 233 g/mol. The Morgan fingerprint density at radius 2 is 2.06 bits per heavy atom. The highest BCUT2D eigenvalue weighted by Crippen LogP contribution is 2.27. The number of nitrogens with zero attached hydrogens (tertiary/aromatic N) is 2. The normalized spacial score (nSPS) is 24.9. The summed E-state index contributed by atoms with van der Waals surface area (Å²) in [7, 11) is 0. The van der Waals surface area contributed by atoms with Crippen LogP contribution >= 0.6 is 0 Å². The third kappa shape index (κ3) is 3.18. The minimum atomic E-state index is 0.0145. The lowest BCUT2D eigenvalue weighted by Crippen LogP contribution is -2.20. The molecule has 2 rings (SSSR count). The van der Waals surface area contributed by atoms with Crippen molar-refractivity contribution in [3.05, 3.63) is 18.1 Å². The molecule has 3 heteroatoms. The zero-order valence-corrected chi connectivity index (χ0v) is 11.3. The Labute approximate surface area is 104 Å². The molecule has 2 atom stereocenters. The molecular formula is C14H23N3. The van der Waals surface area contributed by atoms with Crippen molar-refractivity contribution in [2.24, 2.45) is 5.92 Å². The molecule has 94 valence electrons. The Balaban J connectivity index is 2.06. The highest BCUT2D eigenvalue weighted by Gasteiger charge is 2.22. The Morgan fingerprint density at radius 3 is 2.65 bits per heavy atom. The van der Waals surface area contributed by atoms with Crippen molar-refractivity contribution in [2.75, 3.05) is 5.32 Å². The SMILES string of the molecule is CC1CCC(Nc2ccnc(C(C)(C)C)n2)C1. The van der Waals surface area contributed by atoms with Crippen molar-refractivity contribution in [3.8, 4) is 0 Å². The molecule has 2 unspecified atom stereocenters. The molecule has 0 saturated heterocycles. The van der Waals surface area contributed by atoms with Gasteiger partial charge in [0.2, 0.25) is 0 Å². The topological polar surface area (TPSA) is 37.8 Å². The van der Waals surface area contributed by atoms with E-state index in [0.717, 1.165) is 17.6 Å². The fourth-order valence-corrected chi connectivity index (χ4v) is 2.35. The van der Waals surface area contributed by atoms with Gasteiger partial charge in [0.25, 0.3) is 0 Å². The van der Waals surface area contributed by atoms with Crippen LogP contribution < -0.4 is 5.32 Å². The van der Waals surface area contributed by atoms with Crippen LogP contribution in [0.3, 0.4) is 0 Å². The van der Waals surface area contributed by atoms with E-state index in [1.165, 1.54) is 19.3 Å². The molecule has 1 aromatic rings. The molecule has 0 amide bonds. The average molecular weight is 233 g/mol. The molecule has 1 N–H and O–H groups in total. The molecule has 1 fully saturated rings. The molecule has 0 aliphatic heterocycles. The zero-order chi connectivity index (χ0) is 12.5. The lowest BCUT2D eigenvalue weighted by Gasteiger charge is -2.18. The smallest absolute Gasteiger partial charge is 0.135 e. The predicted octanol–water partition coefficient (Wildman–Crippen LogP) is 3.37. The Kier molecular flexibility index (Phi) is 3.36. The molecule has 0 spiro atoms. The van der Waals surface area contributed by atoms with E-state index in [1.807, 2.05) is 12.3 Å². The number of nitrogens with one attached hydrogen (secondary N) is 1. The van der Waals surface area contributed by atoms with Crippen LogP contribution in [0.1, 0.15) is 52.8 Å². The van der Waals surface area contributed by atoms with E-state index in [1.54, 1.807) is 0 Å². The molecular weight excluding hydrogens is 210 g/mol. The van der Waals surface area contributed by atoms with Gasteiger partial charge in [0.05, 0.1) is 0 Å². The van der Waals surface area contributed by atoms with E-state index < -0.39 is 0 Å². The second-order valence-corrected chi connectivity index (χ2v) is 6.27. The summed E-state index contributed by atoms with van der Waals surface area (Å²) < 4.78 is 0. The Hall–Kier alpha value is -1.12. The highest BCUT2D eigenvalue weighted by molar-refractivity contribution is 5.35. The Morgan fingerprint density at radius 1 is 1.29 bits per heavy atom. The van der Waals surface area contributed by atoms with E-state index in [2.05, 4.69) is 43.0 Å². The average Bonchev–Trinajstić information content (AvgIpc) is 2.63. The largest absolute Gasteiger partial charge is 0.367 e. The molecule has 0 radical (unpaired) electrons. The van der Waals surface area contributed by atoms with Crippen molar-refractivity contribution in [1.82, 2.24) is 9.97 Å². The van der Waals surface area contributed by atoms with Crippen LogP contribution in [0.2, 0.25) is 0 Å². The minimum absolute atomic E-state index is 0.0145. The molecule has 0 bridgehead atoms. The van der Waals surface area contributed by atoms with Crippen LogP contribution in [0.4, 0.5) is 5.82 Å². The van der Waals surface area contributed by atoms with Gasteiger partial charge in [0.15, 0.2) is 0 Å². The number of anilines is 1. The minimum Gasteiger partial charge on any atom is -0.367 e. The first-order valence-corrected chi connectivity index (χ1v) is 6.55. The van der Waals surface area contributed by atoms with Gasteiger partial charge in [-0.05, 0) is 31.2 Å². The summed E-state index contributed by atoms with van der Waals surface area (Å²) >= 11 is 0. The molecule has 0 aromatic carbocycles. The summed E-state index contributed by atoms with van der Waals surface area (Å²) in [5, 5.41) is 3.53. The number of rotatable bonds is 2. The highest BCUT2D eigenvalue weighted by atomic mass is 15.1.